The Kier molecular flexibility index (Phi) is 8.23. The van der Waals surface area contributed by atoms with Gasteiger partial charge in [-0.3, -0.25) is 19.2 Å². The van der Waals surface area contributed by atoms with Gasteiger partial charge in [-0.1, -0.05) is 18.2 Å². The number of likely N-dealkylation sites (tertiary alicyclic amines) is 1. The van der Waals surface area contributed by atoms with Crippen molar-refractivity contribution in [3.05, 3.63) is 87.8 Å². The molecule has 0 aliphatic carbocycles. The van der Waals surface area contributed by atoms with Crippen molar-refractivity contribution in [2.75, 3.05) is 26.8 Å². The second-order valence-corrected chi connectivity index (χ2v) is 10.0. The average Bonchev–Trinajstić information content (AvgIpc) is 3.36. The molecule has 2 N–H and O–H groups in total. The number of amides is 3. The standard InChI is InChI=1S/C30H32N4O7/c1-19-4-3-5-29(37)34(19)13-12-28(36)33-16-23-26(17-33)41-22-9-6-20(7-10-22)15-31-27(35)18-40-25-14-21(30(38)32-23)8-11-24(25)39-2/h3-11,14,23,26H,12-13,15-18H2,1-2H3,(H,31,35)(H,32,38)/t23-,26-/m0/s1. The minimum absolute atomic E-state index is 0.137. The van der Waals surface area contributed by atoms with Crippen LogP contribution in [0.15, 0.2) is 65.5 Å². The Labute approximate surface area is 237 Å². The lowest BCUT2D eigenvalue weighted by Gasteiger charge is -2.21. The highest BCUT2D eigenvalue weighted by atomic mass is 16.5. The van der Waals surface area contributed by atoms with Gasteiger partial charge in [0.25, 0.3) is 17.4 Å². The molecule has 1 saturated heterocycles. The summed E-state index contributed by atoms with van der Waals surface area (Å²) in [5.74, 6) is 0.364. The van der Waals surface area contributed by atoms with Crippen LogP contribution in [0, 0.1) is 6.92 Å². The van der Waals surface area contributed by atoms with Crippen molar-refractivity contribution in [3.8, 4) is 17.2 Å². The highest BCUT2D eigenvalue weighted by molar-refractivity contribution is 5.95. The molecular weight excluding hydrogens is 528 g/mol. The van der Waals surface area contributed by atoms with E-state index in [0.717, 1.165) is 11.3 Å². The van der Waals surface area contributed by atoms with Crippen molar-refractivity contribution < 1.29 is 28.6 Å². The second kappa shape index (κ2) is 12.2. The number of carbonyl (C=O) groups is 3. The van der Waals surface area contributed by atoms with E-state index in [9.17, 15) is 19.2 Å². The van der Waals surface area contributed by atoms with Crippen LogP contribution in [0.25, 0.3) is 0 Å². The number of nitrogens with one attached hydrogen (secondary N) is 2. The number of pyridine rings is 1. The molecule has 2 atom stereocenters. The first kappa shape index (κ1) is 27.8. The number of aryl methyl sites for hydroxylation is 1. The van der Waals surface area contributed by atoms with Gasteiger partial charge in [-0.15, -0.1) is 0 Å². The molecule has 1 fully saturated rings. The molecule has 0 saturated carbocycles. The fourth-order valence-corrected chi connectivity index (χ4v) is 4.95. The molecule has 3 aromatic rings. The van der Waals surface area contributed by atoms with Gasteiger partial charge >= 0.3 is 0 Å². The lowest BCUT2D eigenvalue weighted by Crippen LogP contribution is -2.45. The summed E-state index contributed by atoms with van der Waals surface area (Å²) in [4.78, 5) is 52.8. The zero-order chi connectivity index (χ0) is 28.9. The van der Waals surface area contributed by atoms with Crippen molar-refractivity contribution in [1.29, 1.82) is 0 Å². The average molecular weight is 561 g/mol. The summed E-state index contributed by atoms with van der Waals surface area (Å²) in [6.07, 6.45) is -0.378. The number of aromatic nitrogens is 1. The largest absolute Gasteiger partial charge is 0.493 e. The van der Waals surface area contributed by atoms with Crippen LogP contribution in [0.4, 0.5) is 0 Å². The molecule has 3 aliphatic rings. The molecule has 0 spiro atoms. The number of ether oxygens (including phenoxy) is 3. The molecule has 3 amide bonds. The van der Waals surface area contributed by atoms with Crippen LogP contribution in [0.3, 0.4) is 0 Å². The van der Waals surface area contributed by atoms with Crippen LogP contribution >= 0.6 is 0 Å². The Bertz CT molecular complexity index is 1500. The SMILES string of the molecule is COc1ccc2cc1OCC(=O)NCc1ccc(cc1)O[C@H]1CN(C(=O)CCn3c(C)cccc3=O)C[C@@H]1NC2=O. The van der Waals surface area contributed by atoms with Crippen LogP contribution < -0.4 is 30.4 Å². The summed E-state index contributed by atoms with van der Waals surface area (Å²) >= 11 is 0. The van der Waals surface area contributed by atoms with Gasteiger partial charge in [0, 0.05) is 43.4 Å². The summed E-state index contributed by atoms with van der Waals surface area (Å²) in [5.41, 5.74) is 1.80. The van der Waals surface area contributed by atoms with Gasteiger partial charge in [0.1, 0.15) is 11.9 Å². The molecule has 0 unspecified atom stereocenters. The minimum Gasteiger partial charge on any atom is -0.493 e. The molecule has 0 radical (unpaired) electrons. The highest BCUT2D eigenvalue weighted by Crippen LogP contribution is 2.28. The molecule has 41 heavy (non-hydrogen) atoms. The van der Waals surface area contributed by atoms with Crippen molar-refractivity contribution in [2.24, 2.45) is 0 Å². The molecule has 4 bridgehead atoms. The van der Waals surface area contributed by atoms with Gasteiger partial charge in [-0.2, -0.15) is 0 Å². The zero-order valence-electron chi connectivity index (χ0n) is 22.9. The summed E-state index contributed by atoms with van der Waals surface area (Å²) in [6.45, 7) is 2.65. The maximum atomic E-state index is 13.3. The smallest absolute Gasteiger partial charge is 0.258 e. The summed E-state index contributed by atoms with van der Waals surface area (Å²) in [6, 6.07) is 16.5. The number of rotatable bonds is 4. The molecule has 6 rings (SSSR count). The van der Waals surface area contributed by atoms with E-state index >= 15 is 0 Å². The highest BCUT2D eigenvalue weighted by Gasteiger charge is 2.38. The Morgan fingerprint density at radius 3 is 2.61 bits per heavy atom. The monoisotopic (exact) mass is 560 g/mol. The number of benzene rings is 2. The Balaban J connectivity index is 1.38. The maximum absolute atomic E-state index is 13.3. The van der Waals surface area contributed by atoms with Crippen molar-refractivity contribution in [1.82, 2.24) is 20.1 Å². The number of hydrogen-bond acceptors (Lipinski definition) is 7. The Hall–Kier alpha value is -4.80. The molecule has 2 aromatic carbocycles. The molecule has 4 heterocycles. The van der Waals surface area contributed by atoms with Crippen LogP contribution in [0.1, 0.15) is 28.0 Å². The fourth-order valence-electron chi connectivity index (χ4n) is 4.95. The van der Waals surface area contributed by atoms with Crippen molar-refractivity contribution in [2.45, 2.75) is 38.6 Å². The van der Waals surface area contributed by atoms with E-state index in [4.69, 9.17) is 14.2 Å². The number of fused-ring (bicyclic) bond motifs is 7. The molecular formula is C30H32N4O7. The normalized spacial score (nSPS) is 18.8. The predicted octanol–water partition coefficient (Wildman–Crippen LogP) is 1.65. The predicted molar refractivity (Wildman–Crippen MR) is 149 cm³/mol. The van der Waals surface area contributed by atoms with E-state index in [1.807, 2.05) is 25.1 Å². The third kappa shape index (κ3) is 6.51. The number of nitrogens with zero attached hydrogens (tertiary/aromatic N) is 2. The molecule has 11 heteroatoms. The third-order valence-electron chi connectivity index (χ3n) is 7.24. The van der Waals surface area contributed by atoms with Crippen molar-refractivity contribution >= 4 is 17.7 Å². The minimum atomic E-state index is -0.515. The maximum Gasteiger partial charge on any atom is 0.258 e. The van der Waals surface area contributed by atoms with E-state index in [1.54, 1.807) is 39.8 Å². The van der Waals surface area contributed by atoms with E-state index in [1.165, 1.54) is 19.2 Å². The van der Waals surface area contributed by atoms with Gasteiger partial charge in [-0.05, 0) is 48.9 Å². The van der Waals surface area contributed by atoms with Gasteiger partial charge in [-0.25, -0.2) is 0 Å². The van der Waals surface area contributed by atoms with E-state index < -0.39 is 12.1 Å². The number of carbonyl (C=O) groups excluding carboxylic acids is 3. The van der Waals surface area contributed by atoms with Crippen LogP contribution in [0.5, 0.6) is 17.2 Å². The third-order valence-corrected chi connectivity index (χ3v) is 7.24. The number of methoxy groups -OCH3 is 1. The van der Waals surface area contributed by atoms with E-state index in [2.05, 4.69) is 10.6 Å². The molecule has 11 nitrogen and oxygen atoms in total. The zero-order valence-corrected chi connectivity index (χ0v) is 22.9. The summed E-state index contributed by atoms with van der Waals surface area (Å²) in [5, 5.41) is 5.81. The van der Waals surface area contributed by atoms with Gasteiger partial charge in [0.2, 0.25) is 5.91 Å². The van der Waals surface area contributed by atoms with Crippen LogP contribution in [-0.2, 0) is 22.7 Å². The number of hydrogen-bond donors (Lipinski definition) is 2. The van der Waals surface area contributed by atoms with Crippen molar-refractivity contribution in [3.63, 3.8) is 0 Å². The molecule has 1 aromatic heterocycles. The first-order valence-electron chi connectivity index (χ1n) is 13.4. The fraction of sp³-hybridized carbons (Fsp3) is 0.333. The lowest BCUT2D eigenvalue weighted by molar-refractivity contribution is -0.130. The summed E-state index contributed by atoms with van der Waals surface area (Å²) < 4.78 is 18.9. The second-order valence-electron chi connectivity index (χ2n) is 10.0. The van der Waals surface area contributed by atoms with Gasteiger partial charge < -0.3 is 34.3 Å². The Morgan fingerprint density at radius 2 is 1.85 bits per heavy atom. The lowest BCUT2D eigenvalue weighted by atomic mass is 10.1. The Morgan fingerprint density at radius 1 is 1.05 bits per heavy atom. The quantitative estimate of drug-likeness (QED) is 0.497. The first-order valence-corrected chi connectivity index (χ1v) is 13.4. The van der Waals surface area contributed by atoms with E-state index in [0.29, 0.717) is 23.6 Å². The first-order chi connectivity index (χ1) is 19.8. The molecule has 214 valence electrons. The van der Waals surface area contributed by atoms with Gasteiger partial charge in [0.15, 0.2) is 18.1 Å². The summed E-state index contributed by atoms with van der Waals surface area (Å²) in [7, 11) is 1.47. The van der Waals surface area contributed by atoms with Gasteiger partial charge in [0.05, 0.1) is 19.7 Å². The molecule has 3 aliphatic heterocycles. The van der Waals surface area contributed by atoms with Crippen LogP contribution in [-0.4, -0.2) is 66.1 Å². The van der Waals surface area contributed by atoms with E-state index in [-0.39, 0.29) is 61.7 Å². The van der Waals surface area contributed by atoms with Crippen LogP contribution in [0.2, 0.25) is 0 Å². The topological polar surface area (TPSA) is 128 Å².